The third-order valence-electron chi connectivity index (χ3n) is 3.06. The number of hydrogen-bond acceptors (Lipinski definition) is 3. The van der Waals surface area contributed by atoms with Gasteiger partial charge in [0, 0.05) is 17.5 Å². The smallest absolute Gasteiger partial charge is 0.115 e. The average Bonchev–Trinajstić information content (AvgIpc) is 2.81. The molecular weight excluding hydrogens is 322 g/mol. The minimum atomic E-state index is 0.332. The summed E-state index contributed by atoms with van der Waals surface area (Å²) in [7, 11) is 0. The first-order valence-corrected chi connectivity index (χ1v) is 8.00. The number of thiophene rings is 1. The van der Waals surface area contributed by atoms with E-state index in [9.17, 15) is 5.11 Å². The normalized spacial score (nSPS) is 12.5. The van der Waals surface area contributed by atoms with Crippen LogP contribution in [-0.4, -0.2) is 11.1 Å². The molecule has 2 nitrogen and oxygen atoms in total. The van der Waals surface area contributed by atoms with E-state index in [1.165, 1.54) is 14.2 Å². The van der Waals surface area contributed by atoms with Gasteiger partial charge in [0.25, 0.3) is 0 Å². The van der Waals surface area contributed by atoms with Crippen molar-refractivity contribution in [3.63, 3.8) is 0 Å². The summed E-state index contributed by atoms with van der Waals surface area (Å²) < 4.78 is 1.18. The first-order valence-electron chi connectivity index (χ1n) is 6.39. The first kappa shape index (κ1) is 14.6. The van der Waals surface area contributed by atoms with Crippen molar-refractivity contribution in [1.29, 1.82) is 0 Å². The van der Waals surface area contributed by atoms with Crippen LogP contribution in [-0.2, 0) is 13.0 Å². The molecule has 19 heavy (non-hydrogen) atoms. The number of nitrogens with one attached hydrogen (secondary N) is 1. The van der Waals surface area contributed by atoms with Crippen molar-refractivity contribution in [2.24, 2.45) is 0 Å². The molecule has 0 fully saturated rings. The minimum Gasteiger partial charge on any atom is -0.508 e. The van der Waals surface area contributed by atoms with Gasteiger partial charge in [0.1, 0.15) is 5.75 Å². The van der Waals surface area contributed by atoms with Crippen LogP contribution in [0.1, 0.15) is 23.8 Å². The van der Waals surface area contributed by atoms with E-state index >= 15 is 0 Å². The molecule has 1 aromatic carbocycles. The Balaban J connectivity index is 1.72. The molecule has 2 N–H and O–H groups in total. The van der Waals surface area contributed by atoms with Crippen LogP contribution in [0.2, 0.25) is 0 Å². The Morgan fingerprint density at radius 1 is 1.21 bits per heavy atom. The quantitative estimate of drug-likeness (QED) is 0.820. The number of rotatable bonds is 6. The van der Waals surface area contributed by atoms with Crippen LogP contribution in [0.4, 0.5) is 0 Å². The summed E-state index contributed by atoms with van der Waals surface area (Å²) in [6.07, 6.45) is 2.12. The first-order chi connectivity index (χ1) is 9.13. The third-order valence-corrected chi connectivity index (χ3v) is 4.68. The third kappa shape index (κ3) is 4.97. The van der Waals surface area contributed by atoms with Crippen LogP contribution in [0.25, 0.3) is 0 Å². The van der Waals surface area contributed by atoms with Crippen molar-refractivity contribution in [2.45, 2.75) is 32.4 Å². The van der Waals surface area contributed by atoms with Gasteiger partial charge < -0.3 is 10.4 Å². The Hall–Kier alpha value is -0.840. The van der Waals surface area contributed by atoms with E-state index in [4.69, 9.17) is 0 Å². The Bertz CT molecular complexity index is 509. The zero-order valence-corrected chi connectivity index (χ0v) is 13.3. The summed E-state index contributed by atoms with van der Waals surface area (Å²) in [6.45, 7) is 3.13. The number of hydrogen-bond donors (Lipinski definition) is 2. The highest BCUT2D eigenvalue weighted by Gasteiger charge is 2.04. The highest BCUT2D eigenvalue weighted by atomic mass is 79.9. The lowest BCUT2D eigenvalue weighted by Crippen LogP contribution is -2.25. The maximum atomic E-state index is 9.23. The van der Waals surface area contributed by atoms with Crippen LogP contribution >= 0.6 is 27.3 Å². The number of aromatic hydroxyl groups is 1. The van der Waals surface area contributed by atoms with E-state index in [1.54, 1.807) is 23.5 Å². The second kappa shape index (κ2) is 7.08. The van der Waals surface area contributed by atoms with Crippen molar-refractivity contribution in [3.05, 3.63) is 50.6 Å². The molecule has 0 bridgehead atoms. The van der Waals surface area contributed by atoms with Gasteiger partial charge in [-0.15, -0.1) is 11.3 Å². The average molecular weight is 340 g/mol. The minimum absolute atomic E-state index is 0.332. The summed E-state index contributed by atoms with van der Waals surface area (Å²) in [5, 5.41) is 12.8. The molecule has 0 aliphatic heterocycles. The molecule has 0 saturated carbocycles. The highest BCUT2D eigenvalue weighted by Crippen LogP contribution is 2.22. The van der Waals surface area contributed by atoms with Gasteiger partial charge >= 0.3 is 0 Å². The zero-order valence-electron chi connectivity index (χ0n) is 10.9. The lowest BCUT2D eigenvalue weighted by atomic mass is 10.1. The molecular formula is C15H18BrNOS. The predicted octanol–water partition coefficient (Wildman–Crippen LogP) is 4.33. The molecule has 0 aliphatic rings. The van der Waals surface area contributed by atoms with Gasteiger partial charge in [-0.25, -0.2) is 0 Å². The van der Waals surface area contributed by atoms with Gasteiger partial charge in [-0.1, -0.05) is 12.1 Å². The van der Waals surface area contributed by atoms with Crippen molar-refractivity contribution < 1.29 is 5.11 Å². The van der Waals surface area contributed by atoms with Gasteiger partial charge in [0.05, 0.1) is 3.79 Å². The Labute approximate surface area is 126 Å². The fourth-order valence-electron chi connectivity index (χ4n) is 1.87. The molecule has 0 amide bonds. The summed E-state index contributed by atoms with van der Waals surface area (Å²) in [5.74, 6) is 0.332. The van der Waals surface area contributed by atoms with Crippen molar-refractivity contribution in [1.82, 2.24) is 5.32 Å². The molecule has 1 unspecified atom stereocenters. The summed E-state index contributed by atoms with van der Waals surface area (Å²) >= 11 is 5.25. The SMILES string of the molecule is CC(CCc1ccc(O)cc1)NCc1ccc(Br)s1. The molecule has 0 saturated heterocycles. The lowest BCUT2D eigenvalue weighted by molar-refractivity contribution is 0.474. The van der Waals surface area contributed by atoms with E-state index in [1.807, 2.05) is 12.1 Å². The van der Waals surface area contributed by atoms with Crippen LogP contribution in [0.15, 0.2) is 40.2 Å². The van der Waals surface area contributed by atoms with Crippen LogP contribution < -0.4 is 5.32 Å². The monoisotopic (exact) mass is 339 g/mol. The van der Waals surface area contributed by atoms with E-state index in [0.717, 1.165) is 19.4 Å². The molecule has 0 aliphatic carbocycles. The largest absolute Gasteiger partial charge is 0.508 e. The van der Waals surface area contributed by atoms with Crippen molar-refractivity contribution >= 4 is 27.3 Å². The second-order valence-electron chi connectivity index (χ2n) is 4.69. The van der Waals surface area contributed by atoms with E-state index in [-0.39, 0.29) is 0 Å². The van der Waals surface area contributed by atoms with Crippen LogP contribution in [0, 0.1) is 0 Å². The van der Waals surface area contributed by atoms with Crippen LogP contribution in [0.5, 0.6) is 5.75 Å². The van der Waals surface area contributed by atoms with Gasteiger partial charge in [-0.2, -0.15) is 0 Å². The van der Waals surface area contributed by atoms with Gasteiger partial charge in [0.2, 0.25) is 0 Å². The standard InChI is InChI=1S/C15H18BrNOS/c1-11(17-10-14-8-9-15(16)19-14)2-3-12-4-6-13(18)7-5-12/h4-9,11,17-18H,2-3,10H2,1H3. The van der Waals surface area contributed by atoms with Crippen molar-refractivity contribution in [2.75, 3.05) is 0 Å². The van der Waals surface area contributed by atoms with E-state index in [0.29, 0.717) is 11.8 Å². The summed E-state index contributed by atoms with van der Waals surface area (Å²) in [4.78, 5) is 1.35. The molecule has 1 heterocycles. The number of aryl methyl sites for hydroxylation is 1. The Kier molecular flexibility index (Phi) is 5.43. The molecule has 0 radical (unpaired) electrons. The summed E-state index contributed by atoms with van der Waals surface area (Å²) in [5.41, 5.74) is 1.27. The maximum Gasteiger partial charge on any atom is 0.115 e. The zero-order chi connectivity index (χ0) is 13.7. The van der Waals surface area contributed by atoms with E-state index in [2.05, 4.69) is 40.3 Å². The molecule has 4 heteroatoms. The summed E-state index contributed by atoms with van der Waals surface area (Å²) in [6, 6.07) is 12.2. The fourth-order valence-corrected chi connectivity index (χ4v) is 3.30. The topological polar surface area (TPSA) is 32.3 Å². The van der Waals surface area contributed by atoms with Gasteiger partial charge in [0.15, 0.2) is 0 Å². The maximum absolute atomic E-state index is 9.23. The lowest BCUT2D eigenvalue weighted by Gasteiger charge is -2.13. The molecule has 1 aromatic heterocycles. The Morgan fingerprint density at radius 3 is 2.58 bits per heavy atom. The molecule has 2 aromatic rings. The van der Waals surface area contributed by atoms with Gasteiger partial charge in [-0.3, -0.25) is 0 Å². The molecule has 102 valence electrons. The molecule has 0 spiro atoms. The number of phenolic OH excluding ortho intramolecular Hbond substituents is 1. The predicted molar refractivity (Wildman–Crippen MR) is 84.7 cm³/mol. The molecule has 1 atom stereocenters. The van der Waals surface area contributed by atoms with E-state index < -0.39 is 0 Å². The van der Waals surface area contributed by atoms with Crippen molar-refractivity contribution in [3.8, 4) is 5.75 Å². The number of phenols is 1. The highest BCUT2D eigenvalue weighted by molar-refractivity contribution is 9.11. The second-order valence-corrected chi connectivity index (χ2v) is 7.24. The van der Waals surface area contributed by atoms with Crippen LogP contribution in [0.3, 0.4) is 0 Å². The molecule has 2 rings (SSSR count). The fraction of sp³-hybridized carbons (Fsp3) is 0.333. The van der Waals surface area contributed by atoms with Gasteiger partial charge in [-0.05, 0) is 65.5 Å². The number of halogens is 1. The Morgan fingerprint density at radius 2 is 1.95 bits per heavy atom. The number of benzene rings is 1.